The molecule has 0 bridgehead atoms. The van der Waals surface area contributed by atoms with Crippen LogP contribution in [0, 0.1) is 11.3 Å². The Kier molecular flexibility index (Phi) is 5.64. The van der Waals surface area contributed by atoms with Crippen LogP contribution in [0.1, 0.15) is 26.3 Å². The van der Waals surface area contributed by atoms with Crippen molar-refractivity contribution in [3.05, 3.63) is 24.7 Å². The van der Waals surface area contributed by atoms with Crippen molar-refractivity contribution in [2.24, 2.45) is 0 Å². The molecular weight excluding hydrogens is 358 g/mol. The second kappa shape index (κ2) is 8.30. The Hall–Kier alpha value is -3.74. The molecule has 0 aromatic carbocycles. The smallest absolute Gasteiger partial charge is 0.257 e. The van der Waals surface area contributed by atoms with Crippen LogP contribution in [0.5, 0.6) is 5.88 Å². The maximum Gasteiger partial charge on any atom is 0.257 e. The number of ether oxygens (including phenoxy) is 1. The first-order valence-electron chi connectivity index (χ1n) is 8.73. The van der Waals surface area contributed by atoms with Crippen LogP contribution in [-0.2, 0) is 0 Å². The fraction of sp³-hybridized carbons (Fsp3) is 0.333. The monoisotopic (exact) mass is 379 g/mol. The van der Waals surface area contributed by atoms with Crippen molar-refractivity contribution in [2.45, 2.75) is 26.3 Å². The second-order valence-corrected chi connectivity index (χ2v) is 6.22. The summed E-state index contributed by atoms with van der Waals surface area (Å²) >= 11 is 0. The molecule has 144 valence electrons. The summed E-state index contributed by atoms with van der Waals surface area (Å²) in [6, 6.07) is 4.02. The van der Waals surface area contributed by atoms with E-state index in [0.29, 0.717) is 36.0 Å². The van der Waals surface area contributed by atoms with Crippen molar-refractivity contribution in [3.8, 4) is 34.6 Å². The van der Waals surface area contributed by atoms with Crippen molar-refractivity contribution >= 4 is 11.8 Å². The van der Waals surface area contributed by atoms with Gasteiger partial charge in [0.15, 0.2) is 5.82 Å². The highest BCUT2D eigenvalue weighted by Crippen LogP contribution is 2.31. The van der Waals surface area contributed by atoms with E-state index in [9.17, 15) is 0 Å². The van der Waals surface area contributed by atoms with Crippen LogP contribution in [0.4, 0.5) is 11.8 Å². The van der Waals surface area contributed by atoms with Crippen LogP contribution >= 0.6 is 0 Å². The molecule has 3 aromatic rings. The van der Waals surface area contributed by atoms with E-state index in [1.54, 1.807) is 18.5 Å². The standard InChI is InChI=1S/C18H21N9O/c1-11(2)27-10-12(13-5-8-22-18(25-13)21-7-4-6-19)15(26-27)14-9-23-16(20)17(24-14)28-3/h5,8-11H,4,7H2,1-3H3,(H2,20,23)(H,21,22,25). The fourth-order valence-electron chi connectivity index (χ4n) is 2.50. The van der Waals surface area contributed by atoms with Crippen LogP contribution in [-0.4, -0.2) is 43.4 Å². The van der Waals surface area contributed by atoms with E-state index in [4.69, 9.17) is 15.7 Å². The first-order valence-corrected chi connectivity index (χ1v) is 8.73. The molecule has 10 nitrogen and oxygen atoms in total. The van der Waals surface area contributed by atoms with Crippen molar-refractivity contribution in [1.82, 2.24) is 29.7 Å². The zero-order valence-electron chi connectivity index (χ0n) is 15.9. The van der Waals surface area contributed by atoms with E-state index in [0.717, 1.165) is 5.56 Å². The van der Waals surface area contributed by atoms with E-state index in [2.05, 4.69) is 36.4 Å². The van der Waals surface area contributed by atoms with Crippen molar-refractivity contribution in [1.29, 1.82) is 5.26 Å². The molecule has 3 aromatic heterocycles. The average molecular weight is 379 g/mol. The molecule has 3 rings (SSSR count). The number of nitrogen functional groups attached to an aromatic ring is 1. The number of anilines is 2. The lowest BCUT2D eigenvalue weighted by Gasteiger charge is -2.07. The summed E-state index contributed by atoms with van der Waals surface area (Å²) in [5.41, 5.74) is 8.37. The van der Waals surface area contributed by atoms with Gasteiger partial charge in [-0.3, -0.25) is 4.68 Å². The highest BCUT2D eigenvalue weighted by molar-refractivity contribution is 5.77. The maximum atomic E-state index is 8.68. The average Bonchev–Trinajstić information content (AvgIpc) is 3.15. The van der Waals surface area contributed by atoms with E-state index < -0.39 is 0 Å². The largest absolute Gasteiger partial charge is 0.478 e. The van der Waals surface area contributed by atoms with Gasteiger partial charge in [-0.15, -0.1) is 0 Å². The zero-order chi connectivity index (χ0) is 20.1. The van der Waals surface area contributed by atoms with Gasteiger partial charge in [0.05, 0.1) is 31.5 Å². The number of aromatic nitrogens is 6. The molecule has 3 N–H and O–H groups in total. The Balaban J connectivity index is 2.06. The zero-order valence-corrected chi connectivity index (χ0v) is 15.9. The number of nitrogens with one attached hydrogen (secondary N) is 1. The minimum absolute atomic E-state index is 0.145. The number of rotatable bonds is 7. The molecule has 10 heteroatoms. The summed E-state index contributed by atoms with van der Waals surface area (Å²) in [5, 5.41) is 16.4. The molecular formula is C18H21N9O. The predicted octanol–water partition coefficient (Wildman–Crippen LogP) is 2.29. The SMILES string of the molecule is COc1nc(-c2nn(C(C)C)cc2-c2ccnc(NCCC#N)n2)cnc1N. The number of hydrogen-bond donors (Lipinski definition) is 2. The number of nitrogens with zero attached hydrogens (tertiary/aromatic N) is 7. The topological polar surface area (TPSA) is 140 Å². The molecule has 0 saturated heterocycles. The minimum Gasteiger partial charge on any atom is -0.478 e. The fourth-order valence-corrected chi connectivity index (χ4v) is 2.50. The van der Waals surface area contributed by atoms with Gasteiger partial charge in [-0.1, -0.05) is 0 Å². The van der Waals surface area contributed by atoms with Crippen LogP contribution < -0.4 is 15.8 Å². The van der Waals surface area contributed by atoms with Crippen LogP contribution in [0.3, 0.4) is 0 Å². The van der Waals surface area contributed by atoms with Crippen molar-refractivity contribution in [3.63, 3.8) is 0 Å². The third-order valence-corrected chi connectivity index (χ3v) is 3.92. The van der Waals surface area contributed by atoms with Crippen LogP contribution in [0.15, 0.2) is 24.7 Å². The summed E-state index contributed by atoms with van der Waals surface area (Å²) in [6.07, 6.45) is 5.49. The minimum atomic E-state index is 0.145. The summed E-state index contributed by atoms with van der Waals surface area (Å²) in [5.74, 6) is 0.892. The molecule has 0 amide bonds. The van der Waals surface area contributed by atoms with Gasteiger partial charge in [0.25, 0.3) is 5.88 Å². The molecule has 0 atom stereocenters. The molecule has 0 spiro atoms. The normalized spacial score (nSPS) is 10.7. The molecule has 0 radical (unpaired) electrons. The molecule has 0 unspecified atom stereocenters. The summed E-state index contributed by atoms with van der Waals surface area (Å²) in [7, 11) is 1.49. The Morgan fingerprint density at radius 1 is 1.29 bits per heavy atom. The van der Waals surface area contributed by atoms with Gasteiger partial charge in [-0.05, 0) is 19.9 Å². The third kappa shape index (κ3) is 3.98. The Morgan fingerprint density at radius 3 is 2.82 bits per heavy atom. The predicted molar refractivity (Wildman–Crippen MR) is 104 cm³/mol. The highest BCUT2D eigenvalue weighted by atomic mass is 16.5. The van der Waals surface area contributed by atoms with Gasteiger partial charge < -0.3 is 15.8 Å². The van der Waals surface area contributed by atoms with Crippen molar-refractivity contribution < 1.29 is 4.74 Å². The van der Waals surface area contributed by atoms with Crippen LogP contribution in [0.2, 0.25) is 0 Å². The van der Waals surface area contributed by atoms with Gasteiger partial charge in [0.2, 0.25) is 5.95 Å². The third-order valence-electron chi connectivity index (χ3n) is 3.92. The first-order chi connectivity index (χ1) is 13.5. The maximum absolute atomic E-state index is 8.68. The van der Waals surface area contributed by atoms with E-state index in [-0.39, 0.29) is 17.7 Å². The molecule has 0 saturated carbocycles. The Bertz CT molecular complexity index is 1010. The lowest BCUT2D eigenvalue weighted by molar-refractivity contribution is 0.399. The van der Waals surface area contributed by atoms with Crippen molar-refractivity contribution in [2.75, 3.05) is 24.7 Å². The number of methoxy groups -OCH3 is 1. The van der Waals surface area contributed by atoms with Gasteiger partial charge in [0.1, 0.15) is 11.4 Å². The lowest BCUT2D eigenvalue weighted by atomic mass is 10.1. The van der Waals surface area contributed by atoms with Crippen LogP contribution in [0.25, 0.3) is 22.6 Å². The lowest BCUT2D eigenvalue weighted by Crippen LogP contribution is -2.05. The Labute approximate surface area is 162 Å². The molecule has 3 heterocycles. The molecule has 28 heavy (non-hydrogen) atoms. The highest BCUT2D eigenvalue weighted by Gasteiger charge is 2.19. The summed E-state index contributed by atoms with van der Waals surface area (Å²) < 4.78 is 7.02. The van der Waals surface area contributed by atoms with Gasteiger partial charge in [-0.2, -0.15) is 10.4 Å². The molecule has 0 aliphatic heterocycles. The summed E-state index contributed by atoms with van der Waals surface area (Å²) in [4.78, 5) is 17.3. The summed E-state index contributed by atoms with van der Waals surface area (Å²) in [6.45, 7) is 4.54. The quantitative estimate of drug-likeness (QED) is 0.591. The number of nitriles is 1. The Morgan fingerprint density at radius 2 is 2.11 bits per heavy atom. The number of hydrogen-bond acceptors (Lipinski definition) is 9. The number of nitrogens with two attached hydrogens (primary N) is 1. The molecule has 0 aliphatic carbocycles. The van der Waals surface area contributed by atoms with Gasteiger partial charge in [-0.25, -0.2) is 19.9 Å². The second-order valence-electron chi connectivity index (χ2n) is 6.22. The molecule has 0 aliphatic rings. The van der Waals surface area contributed by atoms with E-state index >= 15 is 0 Å². The van der Waals surface area contributed by atoms with E-state index in [1.807, 2.05) is 24.7 Å². The van der Waals surface area contributed by atoms with Gasteiger partial charge in [0, 0.05) is 30.5 Å². The molecule has 0 fully saturated rings. The first kappa shape index (κ1) is 19.0. The van der Waals surface area contributed by atoms with E-state index in [1.165, 1.54) is 7.11 Å². The van der Waals surface area contributed by atoms with Gasteiger partial charge >= 0.3 is 0 Å².